The van der Waals surface area contributed by atoms with Crippen LogP contribution in [-0.4, -0.2) is 9.97 Å². The van der Waals surface area contributed by atoms with Gasteiger partial charge in [-0.1, -0.05) is 32.8 Å². The minimum Gasteiger partial charge on any atom is -0.316 e. The first kappa shape index (κ1) is 15.8. The van der Waals surface area contributed by atoms with Crippen LogP contribution in [0.1, 0.15) is 50.5 Å². The van der Waals surface area contributed by atoms with Gasteiger partial charge in [0.25, 0.3) is 0 Å². The number of aromatic nitrogens is 2. The van der Waals surface area contributed by atoms with Gasteiger partial charge in [-0.25, -0.2) is 0 Å². The maximum Gasteiger partial charge on any atom is 0.314 e. The van der Waals surface area contributed by atoms with E-state index in [1.165, 1.54) is 0 Å². The molecule has 21 heavy (non-hydrogen) atoms. The molecular weight excluding hydrogens is 288 g/mol. The topological polar surface area (TPSA) is 65.7 Å². The summed E-state index contributed by atoms with van der Waals surface area (Å²) in [4.78, 5) is 27.9. The van der Waals surface area contributed by atoms with Gasteiger partial charge in [-0.15, -0.1) is 11.6 Å². The van der Waals surface area contributed by atoms with E-state index >= 15 is 0 Å². The first-order chi connectivity index (χ1) is 10.1. The molecule has 5 heteroatoms. The molecule has 0 radical (unpaired) electrons. The molecule has 1 atom stereocenters. The van der Waals surface area contributed by atoms with Crippen molar-refractivity contribution in [3.63, 3.8) is 0 Å². The molecule has 0 saturated carbocycles. The minimum absolute atomic E-state index is 0.0790. The van der Waals surface area contributed by atoms with Crippen molar-refractivity contribution >= 4 is 22.6 Å². The van der Waals surface area contributed by atoms with Crippen LogP contribution in [0.2, 0.25) is 0 Å². The maximum absolute atomic E-state index is 11.4. The molecule has 0 amide bonds. The molecule has 2 N–H and O–H groups in total. The van der Waals surface area contributed by atoms with Gasteiger partial charge in [0.05, 0.1) is 16.4 Å². The second kappa shape index (κ2) is 6.94. The number of halogens is 1. The molecule has 0 saturated heterocycles. The summed E-state index contributed by atoms with van der Waals surface area (Å²) in [7, 11) is 0. The summed E-state index contributed by atoms with van der Waals surface area (Å²) in [5.41, 5.74) is 0.958. The Labute approximate surface area is 128 Å². The second-order valence-corrected chi connectivity index (χ2v) is 5.92. The zero-order chi connectivity index (χ0) is 15.4. The molecule has 0 aliphatic carbocycles. The molecule has 1 unspecified atom stereocenters. The Morgan fingerprint density at radius 2 is 1.57 bits per heavy atom. The number of alkyl halides is 1. The fourth-order valence-corrected chi connectivity index (χ4v) is 3.14. The van der Waals surface area contributed by atoms with E-state index in [4.69, 9.17) is 11.6 Å². The Balaban J connectivity index is 2.39. The van der Waals surface area contributed by atoms with Gasteiger partial charge in [0.1, 0.15) is 0 Å². The van der Waals surface area contributed by atoms with Crippen LogP contribution in [0.25, 0.3) is 11.0 Å². The maximum atomic E-state index is 11.4. The number of hydrogen-bond donors (Lipinski definition) is 2. The zero-order valence-electron chi connectivity index (χ0n) is 12.4. The molecule has 4 nitrogen and oxygen atoms in total. The van der Waals surface area contributed by atoms with E-state index in [-0.39, 0.29) is 5.38 Å². The Morgan fingerprint density at radius 1 is 1.00 bits per heavy atom. The van der Waals surface area contributed by atoms with Crippen molar-refractivity contribution in [2.75, 3.05) is 0 Å². The van der Waals surface area contributed by atoms with Gasteiger partial charge in [0.15, 0.2) is 0 Å². The van der Waals surface area contributed by atoms with Gasteiger partial charge in [0, 0.05) is 0 Å². The normalized spacial score (nSPS) is 13.0. The third kappa shape index (κ3) is 3.56. The number of hydrogen-bond acceptors (Lipinski definition) is 2. The number of nitrogens with one attached hydrogen (secondary N) is 2. The van der Waals surface area contributed by atoms with Gasteiger partial charge in [0.2, 0.25) is 0 Å². The van der Waals surface area contributed by atoms with Crippen LogP contribution >= 0.6 is 11.6 Å². The number of fused-ring (bicyclic) bond motifs is 1. The number of benzene rings is 1. The highest BCUT2D eigenvalue weighted by Crippen LogP contribution is 2.35. The van der Waals surface area contributed by atoms with Gasteiger partial charge < -0.3 is 9.97 Å². The monoisotopic (exact) mass is 308 g/mol. The summed E-state index contributed by atoms with van der Waals surface area (Å²) >= 11 is 6.64. The summed E-state index contributed by atoms with van der Waals surface area (Å²) < 4.78 is 0. The molecule has 114 valence electrons. The van der Waals surface area contributed by atoms with Crippen molar-refractivity contribution in [2.24, 2.45) is 5.92 Å². The summed E-state index contributed by atoms with van der Waals surface area (Å²) in [5.74, 6) is 0.425. The van der Waals surface area contributed by atoms with E-state index < -0.39 is 11.1 Å². The lowest BCUT2D eigenvalue weighted by Crippen LogP contribution is -2.28. The van der Waals surface area contributed by atoms with E-state index in [2.05, 4.69) is 23.8 Å². The van der Waals surface area contributed by atoms with Crippen LogP contribution < -0.4 is 11.1 Å². The van der Waals surface area contributed by atoms with Crippen LogP contribution in [0.5, 0.6) is 0 Å². The summed E-state index contributed by atoms with van der Waals surface area (Å²) in [5, 5.41) is -0.0790. The van der Waals surface area contributed by atoms with Crippen molar-refractivity contribution in [2.45, 2.75) is 44.9 Å². The molecule has 0 bridgehead atoms. The molecule has 0 aliphatic rings. The largest absolute Gasteiger partial charge is 0.316 e. The zero-order valence-corrected chi connectivity index (χ0v) is 13.2. The average molecular weight is 309 g/mol. The van der Waals surface area contributed by atoms with E-state index in [9.17, 15) is 9.59 Å². The standard InChI is InChI=1S/C16H21ClN2O2/c1-3-5-10(6-4-2)14(17)11-7-8-12-13(9-11)19-16(21)15(20)18-12/h7-10,14H,3-6H2,1-2H3,(H,18,20)(H,19,21). The van der Waals surface area contributed by atoms with Gasteiger partial charge in [-0.2, -0.15) is 0 Å². The van der Waals surface area contributed by atoms with E-state index in [0.717, 1.165) is 31.2 Å². The van der Waals surface area contributed by atoms with Gasteiger partial charge in [-0.3, -0.25) is 9.59 Å². The van der Waals surface area contributed by atoms with E-state index in [1.807, 2.05) is 12.1 Å². The smallest absolute Gasteiger partial charge is 0.314 e. The lowest BCUT2D eigenvalue weighted by molar-refractivity contribution is 0.426. The van der Waals surface area contributed by atoms with Crippen LogP contribution in [0.15, 0.2) is 27.8 Å². The van der Waals surface area contributed by atoms with Crippen LogP contribution in [0.3, 0.4) is 0 Å². The third-order valence-electron chi connectivity index (χ3n) is 3.80. The lowest BCUT2D eigenvalue weighted by Gasteiger charge is -2.22. The first-order valence-electron chi connectivity index (χ1n) is 7.47. The van der Waals surface area contributed by atoms with E-state index in [1.54, 1.807) is 6.07 Å². The Bertz CT molecular complexity index is 714. The third-order valence-corrected chi connectivity index (χ3v) is 4.41. The SMILES string of the molecule is CCCC(CCC)C(Cl)c1ccc2[nH]c(=O)c(=O)[nH]c2c1. The number of rotatable bonds is 6. The summed E-state index contributed by atoms with van der Waals surface area (Å²) in [6, 6.07) is 5.58. The highest BCUT2D eigenvalue weighted by molar-refractivity contribution is 6.21. The van der Waals surface area contributed by atoms with Crippen molar-refractivity contribution in [3.8, 4) is 0 Å². The highest BCUT2D eigenvalue weighted by atomic mass is 35.5. The Morgan fingerprint density at radius 3 is 2.14 bits per heavy atom. The predicted octanol–water partition coefficient (Wildman–Crippen LogP) is 3.71. The molecule has 1 aromatic heterocycles. The molecule has 1 heterocycles. The molecule has 1 aromatic carbocycles. The average Bonchev–Trinajstić information content (AvgIpc) is 2.47. The molecule has 0 fully saturated rings. The Kier molecular flexibility index (Phi) is 5.23. The first-order valence-corrected chi connectivity index (χ1v) is 7.90. The van der Waals surface area contributed by atoms with Crippen molar-refractivity contribution in [3.05, 3.63) is 44.5 Å². The highest BCUT2D eigenvalue weighted by Gasteiger charge is 2.20. The molecule has 0 spiro atoms. The number of H-pyrrole nitrogens is 2. The summed E-state index contributed by atoms with van der Waals surface area (Å²) in [6.45, 7) is 4.32. The summed E-state index contributed by atoms with van der Waals surface area (Å²) in [6.07, 6.45) is 4.38. The van der Waals surface area contributed by atoms with Crippen LogP contribution in [0.4, 0.5) is 0 Å². The van der Waals surface area contributed by atoms with Crippen molar-refractivity contribution in [1.29, 1.82) is 0 Å². The van der Waals surface area contributed by atoms with Gasteiger partial charge in [-0.05, 0) is 36.5 Å². The molecule has 2 aromatic rings. The van der Waals surface area contributed by atoms with Crippen LogP contribution in [-0.2, 0) is 0 Å². The Hall–Kier alpha value is -1.55. The second-order valence-electron chi connectivity index (χ2n) is 5.45. The minimum atomic E-state index is -0.635. The lowest BCUT2D eigenvalue weighted by atomic mass is 9.90. The van der Waals surface area contributed by atoms with Crippen molar-refractivity contribution < 1.29 is 0 Å². The van der Waals surface area contributed by atoms with E-state index in [0.29, 0.717) is 17.0 Å². The molecule has 0 aliphatic heterocycles. The fourth-order valence-electron chi connectivity index (χ4n) is 2.75. The van der Waals surface area contributed by atoms with Crippen molar-refractivity contribution in [1.82, 2.24) is 9.97 Å². The number of aromatic amines is 2. The van der Waals surface area contributed by atoms with Crippen LogP contribution in [0, 0.1) is 5.92 Å². The molecular formula is C16H21ClN2O2. The fraction of sp³-hybridized carbons (Fsp3) is 0.500. The van der Waals surface area contributed by atoms with Gasteiger partial charge >= 0.3 is 11.1 Å². The quantitative estimate of drug-likeness (QED) is 0.631. The predicted molar refractivity (Wildman–Crippen MR) is 87.1 cm³/mol. The molecule has 2 rings (SSSR count).